The first-order chi connectivity index (χ1) is 8.51. The molecule has 1 rings (SSSR count). The molecule has 0 atom stereocenters. The summed E-state index contributed by atoms with van der Waals surface area (Å²) in [5, 5.41) is 8.79. The average molecular weight is 249 g/mol. The molecule has 0 bridgehead atoms. The van der Waals surface area contributed by atoms with Crippen LogP contribution in [0.5, 0.6) is 0 Å². The smallest absolute Gasteiger partial charge is 0.124 e. The highest BCUT2D eigenvalue weighted by atomic mass is 19.1. The molecule has 0 amide bonds. The zero-order valence-electron chi connectivity index (χ0n) is 11.3. The van der Waals surface area contributed by atoms with E-state index in [2.05, 4.69) is 9.80 Å². The van der Waals surface area contributed by atoms with E-state index in [0.29, 0.717) is 12.1 Å². The molecule has 1 aromatic carbocycles. The Kier molecular flexibility index (Phi) is 5.76. The minimum atomic E-state index is -0.342. The van der Waals surface area contributed by atoms with Crippen LogP contribution in [-0.4, -0.2) is 44.0 Å². The highest BCUT2D eigenvalue weighted by Gasteiger charge is 2.04. The molecule has 4 heteroatoms. The van der Waals surface area contributed by atoms with Crippen molar-refractivity contribution < 1.29 is 4.39 Å². The zero-order chi connectivity index (χ0) is 13.5. The molecule has 0 heterocycles. The summed E-state index contributed by atoms with van der Waals surface area (Å²) in [6.07, 6.45) is 1.07. The number of hydrogen-bond acceptors (Lipinski definition) is 3. The maximum atomic E-state index is 13.2. The predicted octanol–water partition coefficient (Wildman–Crippen LogP) is 2.08. The molecule has 98 valence electrons. The molecule has 0 aliphatic rings. The van der Waals surface area contributed by atoms with Crippen LogP contribution in [0.25, 0.3) is 0 Å². The van der Waals surface area contributed by atoms with Crippen molar-refractivity contribution in [1.29, 1.82) is 5.26 Å². The van der Waals surface area contributed by atoms with E-state index in [1.54, 1.807) is 6.07 Å². The van der Waals surface area contributed by atoms with Gasteiger partial charge in [0.2, 0.25) is 0 Å². The molecule has 0 fully saturated rings. The fourth-order valence-corrected chi connectivity index (χ4v) is 1.85. The van der Waals surface area contributed by atoms with E-state index in [0.717, 1.165) is 25.1 Å². The highest BCUT2D eigenvalue weighted by Crippen LogP contribution is 2.10. The fourth-order valence-electron chi connectivity index (χ4n) is 1.85. The van der Waals surface area contributed by atoms with Gasteiger partial charge in [-0.2, -0.15) is 5.26 Å². The Morgan fingerprint density at radius 1 is 1.17 bits per heavy atom. The summed E-state index contributed by atoms with van der Waals surface area (Å²) in [4.78, 5) is 4.28. The maximum Gasteiger partial charge on any atom is 0.124 e. The van der Waals surface area contributed by atoms with E-state index >= 15 is 0 Å². The van der Waals surface area contributed by atoms with Crippen LogP contribution in [0.15, 0.2) is 18.2 Å². The van der Waals surface area contributed by atoms with Gasteiger partial charge in [-0.3, -0.25) is 0 Å². The molecule has 18 heavy (non-hydrogen) atoms. The minimum absolute atomic E-state index is 0.342. The second kappa shape index (κ2) is 7.10. The topological polar surface area (TPSA) is 30.3 Å². The molecular weight excluding hydrogens is 229 g/mol. The summed E-state index contributed by atoms with van der Waals surface area (Å²) in [6.45, 7) is 2.66. The summed E-state index contributed by atoms with van der Waals surface area (Å²) < 4.78 is 13.2. The lowest BCUT2D eigenvalue weighted by molar-refractivity contribution is 0.294. The molecule has 1 aromatic rings. The molecule has 0 saturated heterocycles. The lowest BCUT2D eigenvalue weighted by Crippen LogP contribution is -2.23. The van der Waals surface area contributed by atoms with Gasteiger partial charge >= 0.3 is 0 Å². The van der Waals surface area contributed by atoms with E-state index in [-0.39, 0.29) is 5.82 Å². The largest absolute Gasteiger partial charge is 0.309 e. The molecular formula is C14H20FN3. The quantitative estimate of drug-likeness (QED) is 0.773. The molecule has 0 radical (unpaired) electrons. The van der Waals surface area contributed by atoms with Gasteiger partial charge in [0.05, 0.1) is 11.6 Å². The first kappa shape index (κ1) is 14.6. The zero-order valence-corrected chi connectivity index (χ0v) is 11.3. The molecule has 0 aromatic heterocycles. The van der Waals surface area contributed by atoms with Crippen LogP contribution in [0, 0.1) is 17.1 Å². The van der Waals surface area contributed by atoms with E-state index in [9.17, 15) is 4.39 Å². The van der Waals surface area contributed by atoms with Gasteiger partial charge in [-0.15, -0.1) is 0 Å². The van der Waals surface area contributed by atoms with Gasteiger partial charge in [-0.05, 0) is 64.4 Å². The molecule has 3 nitrogen and oxygen atoms in total. The van der Waals surface area contributed by atoms with Crippen LogP contribution in [0.4, 0.5) is 4.39 Å². The number of benzene rings is 1. The summed E-state index contributed by atoms with van der Waals surface area (Å²) >= 11 is 0. The molecule has 0 aliphatic carbocycles. The van der Waals surface area contributed by atoms with E-state index < -0.39 is 0 Å². The van der Waals surface area contributed by atoms with Crippen molar-refractivity contribution in [2.24, 2.45) is 0 Å². The van der Waals surface area contributed by atoms with Crippen LogP contribution < -0.4 is 0 Å². The van der Waals surface area contributed by atoms with Crippen molar-refractivity contribution in [3.05, 3.63) is 35.1 Å². The van der Waals surface area contributed by atoms with E-state index in [1.165, 1.54) is 12.1 Å². The minimum Gasteiger partial charge on any atom is -0.309 e. The first-order valence-electron chi connectivity index (χ1n) is 6.04. The second-order valence-corrected chi connectivity index (χ2v) is 4.85. The Bertz CT molecular complexity index is 424. The average Bonchev–Trinajstić information content (AvgIpc) is 2.27. The predicted molar refractivity (Wildman–Crippen MR) is 70.6 cm³/mol. The maximum absolute atomic E-state index is 13.2. The van der Waals surface area contributed by atoms with Gasteiger partial charge in [-0.25, -0.2) is 4.39 Å². The Labute approximate surface area is 108 Å². The summed E-state index contributed by atoms with van der Waals surface area (Å²) in [6, 6.07) is 6.46. The summed E-state index contributed by atoms with van der Waals surface area (Å²) in [7, 11) is 6.10. The second-order valence-electron chi connectivity index (χ2n) is 4.85. The van der Waals surface area contributed by atoms with Crippen molar-refractivity contribution in [1.82, 2.24) is 9.80 Å². The van der Waals surface area contributed by atoms with Gasteiger partial charge in [0.15, 0.2) is 0 Å². The van der Waals surface area contributed by atoms with Crippen molar-refractivity contribution in [3.8, 4) is 6.07 Å². The van der Waals surface area contributed by atoms with Crippen molar-refractivity contribution in [2.75, 3.05) is 34.2 Å². The van der Waals surface area contributed by atoms with E-state index in [1.807, 2.05) is 27.2 Å². The Morgan fingerprint density at radius 2 is 1.89 bits per heavy atom. The number of nitrogens with zero attached hydrogens (tertiary/aromatic N) is 3. The van der Waals surface area contributed by atoms with Gasteiger partial charge in [-0.1, -0.05) is 0 Å². The Hall–Kier alpha value is -1.44. The third-order valence-corrected chi connectivity index (χ3v) is 2.68. The van der Waals surface area contributed by atoms with Crippen molar-refractivity contribution in [3.63, 3.8) is 0 Å². The number of hydrogen-bond donors (Lipinski definition) is 0. The molecule has 0 spiro atoms. The van der Waals surface area contributed by atoms with E-state index in [4.69, 9.17) is 5.26 Å². The highest BCUT2D eigenvalue weighted by molar-refractivity contribution is 5.33. The molecule has 0 N–H and O–H groups in total. The lowest BCUT2D eigenvalue weighted by Gasteiger charge is -2.18. The monoisotopic (exact) mass is 249 g/mol. The first-order valence-corrected chi connectivity index (χ1v) is 6.04. The van der Waals surface area contributed by atoms with Gasteiger partial charge < -0.3 is 9.80 Å². The number of rotatable bonds is 6. The van der Waals surface area contributed by atoms with Crippen molar-refractivity contribution in [2.45, 2.75) is 13.0 Å². The Morgan fingerprint density at radius 3 is 2.50 bits per heavy atom. The Balaban J connectivity index is 2.51. The fraction of sp³-hybridized carbons (Fsp3) is 0.500. The van der Waals surface area contributed by atoms with Crippen LogP contribution in [0.3, 0.4) is 0 Å². The molecule has 0 unspecified atom stereocenters. The van der Waals surface area contributed by atoms with Crippen LogP contribution in [0.2, 0.25) is 0 Å². The summed E-state index contributed by atoms with van der Waals surface area (Å²) in [5.41, 5.74) is 1.23. The van der Waals surface area contributed by atoms with Gasteiger partial charge in [0.25, 0.3) is 0 Å². The normalized spacial score (nSPS) is 10.9. The van der Waals surface area contributed by atoms with Crippen LogP contribution >= 0.6 is 0 Å². The third kappa shape index (κ3) is 5.26. The van der Waals surface area contributed by atoms with Crippen LogP contribution in [-0.2, 0) is 6.54 Å². The lowest BCUT2D eigenvalue weighted by atomic mass is 10.1. The number of halogens is 1. The summed E-state index contributed by atoms with van der Waals surface area (Å²) in [5.74, 6) is -0.342. The molecule has 0 saturated carbocycles. The third-order valence-electron chi connectivity index (χ3n) is 2.68. The van der Waals surface area contributed by atoms with Gasteiger partial charge in [0.1, 0.15) is 5.82 Å². The van der Waals surface area contributed by atoms with Gasteiger partial charge in [0, 0.05) is 6.54 Å². The SMILES string of the molecule is CN(C)CCCN(C)Cc1cc(F)cc(C#N)c1. The number of nitriles is 1. The molecule has 0 aliphatic heterocycles. The standard InChI is InChI=1S/C14H20FN3/c1-17(2)5-4-6-18(3)11-13-7-12(10-16)8-14(15)9-13/h7-9H,4-6,11H2,1-3H3. The van der Waals surface area contributed by atoms with Crippen molar-refractivity contribution >= 4 is 0 Å². The van der Waals surface area contributed by atoms with Crippen LogP contribution in [0.1, 0.15) is 17.5 Å².